The Morgan fingerprint density at radius 1 is 1.08 bits per heavy atom. The van der Waals surface area contributed by atoms with Gasteiger partial charge in [-0.25, -0.2) is 9.37 Å². The van der Waals surface area contributed by atoms with Gasteiger partial charge < -0.3 is 9.08 Å². The molecular weight excluding hydrogens is 477 g/mol. The molecule has 3 aromatic heterocycles. The van der Waals surface area contributed by atoms with Gasteiger partial charge in [0, 0.05) is 40.5 Å². The number of nitrogens with zero attached hydrogens (tertiary/aromatic N) is 3. The average Bonchev–Trinajstić information content (AvgIpc) is 3.55. The Morgan fingerprint density at radius 2 is 1.86 bits per heavy atom. The summed E-state index contributed by atoms with van der Waals surface area (Å²) in [5.74, 6) is -0.431. The number of pyridine rings is 1. The van der Waals surface area contributed by atoms with E-state index in [2.05, 4.69) is 25.1 Å². The van der Waals surface area contributed by atoms with Crippen LogP contribution in [0.1, 0.15) is 38.1 Å². The molecule has 2 N–H and O–H groups in total. The molecule has 2 aromatic carbocycles. The number of hydrogen-bond acceptors (Lipinski definition) is 6. The first-order valence-electron chi connectivity index (χ1n) is 11.6. The van der Waals surface area contributed by atoms with Gasteiger partial charge in [0.15, 0.2) is 5.58 Å². The second-order valence-corrected chi connectivity index (χ2v) is 11.5. The molecule has 0 fully saturated rings. The maximum atomic E-state index is 15.0. The molecule has 2 atom stereocenters. The van der Waals surface area contributed by atoms with Crippen molar-refractivity contribution in [1.29, 1.82) is 0 Å². The lowest BCUT2D eigenvalue weighted by atomic mass is 9.94. The lowest BCUT2D eigenvalue weighted by Crippen LogP contribution is -2.42. The number of para-hydroxylation sites is 1. The molecule has 3 heterocycles. The summed E-state index contributed by atoms with van der Waals surface area (Å²) in [7, 11) is 0. The van der Waals surface area contributed by atoms with E-state index in [1.165, 1.54) is 6.07 Å². The van der Waals surface area contributed by atoms with Crippen molar-refractivity contribution in [2.75, 3.05) is 0 Å². The van der Waals surface area contributed by atoms with Crippen LogP contribution in [-0.2, 0) is 17.8 Å². The number of halogens is 1. The molecular formula is C27H26FN5O2S. The van der Waals surface area contributed by atoms with Crippen molar-refractivity contribution in [3.05, 3.63) is 90.1 Å². The maximum absolute atomic E-state index is 15.0. The Hall–Kier alpha value is -3.53. The van der Waals surface area contributed by atoms with E-state index < -0.39 is 28.0 Å². The van der Waals surface area contributed by atoms with Gasteiger partial charge in [-0.1, -0.05) is 41.6 Å². The molecule has 0 aliphatic heterocycles. The third-order valence-electron chi connectivity index (χ3n) is 5.88. The Kier molecular flexibility index (Phi) is 6.61. The van der Waals surface area contributed by atoms with E-state index in [1.54, 1.807) is 18.5 Å². The molecule has 36 heavy (non-hydrogen) atoms. The molecule has 9 heteroatoms. The molecule has 0 unspecified atom stereocenters. The van der Waals surface area contributed by atoms with Gasteiger partial charge in [0.2, 0.25) is 0 Å². The topological polar surface area (TPSA) is 103 Å². The predicted octanol–water partition coefficient (Wildman–Crippen LogP) is 5.75. The highest BCUT2D eigenvalue weighted by atomic mass is 32.2. The van der Waals surface area contributed by atoms with Crippen LogP contribution in [0.15, 0.2) is 77.6 Å². The Bertz CT molecular complexity index is 1480. The third kappa shape index (κ3) is 4.90. The zero-order chi connectivity index (χ0) is 25.3. The summed E-state index contributed by atoms with van der Waals surface area (Å²) >= 11 is -1.42. The lowest BCUT2D eigenvalue weighted by molar-refractivity contribution is 0.459. The quantitative estimate of drug-likeness (QED) is 0.274. The highest BCUT2D eigenvalue weighted by Gasteiger charge is 2.32. The van der Waals surface area contributed by atoms with E-state index in [0.717, 1.165) is 22.1 Å². The molecule has 0 saturated heterocycles. The summed E-state index contributed by atoms with van der Waals surface area (Å²) in [4.78, 5) is 4.58. The molecule has 0 aliphatic rings. The van der Waals surface area contributed by atoms with Gasteiger partial charge in [-0.05, 0) is 50.6 Å². The average molecular weight is 504 g/mol. The predicted molar refractivity (Wildman–Crippen MR) is 139 cm³/mol. The van der Waals surface area contributed by atoms with Gasteiger partial charge in [-0.2, -0.15) is 5.10 Å². The summed E-state index contributed by atoms with van der Waals surface area (Å²) in [6.45, 7) is 5.67. The van der Waals surface area contributed by atoms with E-state index in [4.69, 9.17) is 4.52 Å². The van der Waals surface area contributed by atoms with Gasteiger partial charge >= 0.3 is 0 Å². The first-order chi connectivity index (χ1) is 17.3. The molecule has 0 saturated carbocycles. The Labute approximate surface area is 211 Å². The fourth-order valence-electron chi connectivity index (χ4n) is 3.99. The van der Waals surface area contributed by atoms with Crippen molar-refractivity contribution in [2.45, 2.75) is 38.0 Å². The van der Waals surface area contributed by atoms with Crippen molar-refractivity contribution < 1.29 is 13.5 Å². The van der Waals surface area contributed by atoms with E-state index >= 15 is 4.39 Å². The first kappa shape index (κ1) is 24.2. The number of aromatic amines is 1. The van der Waals surface area contributed by atoms with E-state index in [9.17, 15) is 4.55 Å². The number of benzene rings is 2. The summed E-state index contributed by atoms with van der Waals surface area (Å²) in [5, 5.41) is 11.9. The van der Waals surface area contributed by atoms with Gasteiger partial charge in [0.05, 0.1) is 23.6 Å². The number of aromatic nitrogens is 4. The minimum Gasteiger partial charge on any atom is -0.598 e. The van der Waals surface area contributed by atoms with Crippen LogP contribution in [0.5, 0.6) is 0 Å². The Balaban J connectivity index is 1.60. The van der Waals surface area contributed by atoms with Crippen LogP contribution >= 0.6 is 0 Å². The SMILES string of the molecule is CC(C)(C)[S@+]([O-])N[C@@H](Cc1nc(-c2cn[nH]c2)ccc1F)c1ccccc1-c1noc2ccccc12. The van der Waals surface area contributed by atoms with Crippen molar-refractivity contribution in [1.82, 2.24) is 25.1 Å². The normalized spacial score (nSPS) is 13.7. The molecule has 7 nitrogen and oxygen atoms in total. The number of rotatable bonds is 7. The molecule has 0 spiro atoms. The smallest absolute Gasteiger partial charge is 0.167 e. The number of nitrogens with one attached hydrogen (secondary N) is 2. The van der Waals surface area contributed by atoms with Gasteiger partial charge in [0.25, 0.3) is 0 Å². The highest BCUT2D eigenvalue weighted by molar-refractivity contribution is 7.90. The van der Waals surface area contributed by atoms with Crippen LogP contribution in [0.3, 0.4) is 0 Å². The van der Waals surface area contributed by atoms with Crippen LogP contribution in [0.25, 0.3) is 33.5 Å². The van der Waals surface area contributed by atoms with Crippen molar-refractivity contribution in [3.63, 3.8) is 0 Å². The van der Waals surface area contributed by atoms with Crippen LogP contribution in [0, 0.1) is 5.82 Å². The fourth-order valence-corrected chi connectivity index (χ4v) is 4.81. The van der Waals surface area contributed by atoms with Crippen LogP contribution in [0.4, 0.5) is 4.39 Å². The Morgan fingerprint density at radius 3 is 2.64 bits per heavy atom. The monoisotopic (exact) mass is 503 g/mol. The third-order valence-corrected chi connectivity index (χ3v) is 7.50. The zero-order valence-electron chi connectivity index (χ0n) is 20.2. The van der Waals surface area contributed by atoms with Crippen molar-refractivity contribution in [2.24, 2.45) is 0 Å². The standard InChI is InChI=1S/C27H26FN5O2S/c1-27(2,3)36(34)33-23(14-24-21(28)12-13-22(31-24)17-15-29-30-16-17)18-8-4-5-9-19(18)26-20-10-6-7-11-25(20)35-32-26/h4-13,15-16,23,33H,14H2,1-3H3,(H,29,30)/t23-,36-/m0/s1. The molecule has 0 bridgehead atoms. The van der Waals surface area contributed by atoms with Crippen molar-refractivity contribution >= 4 is 22.3 Å². The summed E-state index contributed by atoms with van der Waals surface area (Å²) < 4.78 is 36.5. The summed E-state index contributed by atoms with van der Waals surface area (Å²) in [6, 6.07) is 17.8. The van der Waals surface area contributed by atoms with Crippen LogP contribution in [0.2, 0.25) is 0 Å². The van der Waals surface area contributed by atoms with E-state index in [-0.39, 0.29) is 12.1 Å². The zero-order valence-corrected chi connectivity index (χ0v) is 21.0. The minimum absolute atomic E-state index is 0.173. The molecule has 0 radical (unpaired) electrons. The molecule has 5 rings (SSSR count). The van der Waals surface area contributed by atoms with Gasteiger partial charge in [0.1, 0.15) is 16.3 Å². The molecule has 184 valence electrons. The highest BCUT2D eigenvalue weighted by Crippen LogP contribution is 2.35. The molecule has 5 aromatic rings. The van der Waals surface area contributed by atoms with Crippen LogP contribution in [-0.4, -0.2) is 29.6 Å². The number of hydrogen-bond donors (Lipinski definition) is 2. The number of fused-ring (bicyclic) bond motifs is 1. The van der Waals surface area contributed by atoms with Crippen LogP contribution < -0.4 is 4.72 Å². The van der Waals surface area contributed by atoms with Crippen molar-refractivity contribution in [3.8, 4) is 22.5 Å². The van der Waals surface area contributed by atoms with Gasteiger partial charge in [-0.3, -0.25) is 5.10 Å². The van der Waals surface area contributed by atoms with E-state index in [0.29, 0.717) is 17.0 Å². The fraction of sp³-hybridized carbons (Fsp3) is 0.222. The maximum Gasteiger partial charge on any atom is 0.167 e. The second kappa shape index (κ2) is 9.85. The first-order valence-corrected chi connectivity index (χ1v) is 12.7. The largest absolute Gasteiger partial charge is 0.598 e. The summed E-state index contributed by atoms with van der Waals surface area (Å²) in [6.07, 6.45) is 3.52. The lowest BCUT2D eigenvalue weighted by Gasteiger charge is -2.29. The van der Waals surface area contributed by atoms with Gasteiger partial charge in [-0.15, -0.1) is 4.72 Å². The summed E-state index contributed by atoms with van der Waals surface area (Å²) in [5.41, 5.74) is 4.61. The van der Waals surface area contributed by atoms with E-state index in [1.807, 2.05) is 69.3 Å². The second-order valence-electron chi connectivity index (χ2n) is 9.48. The minimum atomic E-state index is -1.42. The molecule has 0 aliphatic carbocycles. The number of H-pyrrole nitrogens is 1. The molecule has 0 amide bonds.